The minimum Gasteiger partial charge on any atom is -0.508 e. The summed E-state index contributed by atoms with van der Waals surface area (Å²) in [6.07, 6.45) is 8.81. The van der Waals surface area contributed by atoms with Crippen molar-refractivity contribution in [2.45, 2.75) is 47.1 Å². The Morgan fingerprint density at radius 2 is 1.78 bits per heavy atom. The molecule has 0 atom stereocenters. The molecule has 1 aliphatic heterocycles. The molecule has 3 rings (SSSR count). The molecule has 0 aromatic heterocycles. The zero-order valence-corrected chi connectivity index (χ0v) is 28.7. The summed E-state index contributed by atoms with van der Waals surface area (Å²) in [5, 5.41) is 12.0. The average Bonchev–Trinajstić information content (AvgIpc) is 3.28. The number of phenolic OH excluding ortho intramolecular Hbond substituents is 1. The summed E-state index contributed by atoms with van der Waals surface area (Å²) in [6, 6.07) is 11.5. The highest BCUT2D eigenvalue weighted by atomic mass is 19.1. The van der Waals surface area contributed by atoms with Crippen LogP contribution in [0.2, 0.25) is 0 Å². The van der Waals surface area contributed by atoms with Crippen LogP contribution in [0.1, 0.15) is 43.4 Å². The third kappa shape index (κ3) is 14.8. The van der Waals surface area contributed by atoms with Gasteiger partial charge in [-0.3, -0.25) is 9.69 Å². The van der Waals surface area contributed by atoms with Crippen LogP contribution in [0.4, 0.5) is 10.1 Å². The Balaban J connectivity index is 0.000000586. The number of allylic oxidation sites excluding steroid dienone is 3. The Morgan fingerprint density at radius 3 is 2.41 bits per heavy atom. The maximum atomic E-state index is 13.3. The Hall–Kier alpha value is -4.14. The molecule has 252 valence electrons. The monoisotopic (exact) mass is 634 g/mol. The van der Waals surface area contributed by atoms with Crippen molar-refractivity contribution in [2.24, 2.45) is 0 Å². The van der Waals surface area contributed by atoms with E-state index in [1.165, 1.54) is 24.6 Å². The van der Waals surface area contributed by atoms with Crippen LogP contribution in [0.25, 0.3) is 0 Å². The maximum absolute atomic E-state index is 13.3. The number of nitrogens with one attached hydrogen (secondary N) is 1. The lowest BCUT2D eigenvalue weighted by Crippen LogP contribution is -2.33. The van der Waals surface area contributed by atoms with Gasteiger partial charge in [0.15, 0.2) is 0 Å². The van der Waals surface area contributed by atoms with Crippen LogP contribution in [-0.2, 0) is 11.3 Å². The van der Waals surface area contributed by atoms with Crippen molar-refractivity contribution >= 4 is 11.6 Å². The first kappa shape index (κ1) is 39.9. The molecule has 2 aromatic rings. The van der Waals surface area contributed by atoms with Gasteiger partial charge < -0.3 is 25.0 Å². The number of aryl methyl sites for hydroxylation is 2. The number of hydrogen-bond donors (Lipinski definition) is 2. The van der Waals surface area contributed by atoms with E-state index < -0.39 is 0 Å². The van der Waals surface area contributed by atoms with Crippen LogP contribution < -0.4 is 15.0 Å². The van der Waals surface area contributed by atoms with Crippen molar-refractivity contribution in [3.63, 3.8) is 0 Å². The van der Waals surface area contributed by atoms with E-state index >= 15 is 0 Å². The standard InChI is InChI=1S/C26H38FN3O.C10H13NO2.C2H4/c1-6-24(27)14-13-22(3)21-29-17-9-15-28(19-20-29)16-10-18-30(7-2)26-23(4)11-8-12-25(26)31-5;1-7-3-4-9(5-10(7)13)6-11-8(2)12;1-2/h6-8,11-14H,2-3,9-10,15-21H2,1,4-5H3;3-5,13H,6H2,1-2H3,(H,11,12);1-2H2/b14-13-,24-6+;;. The second kappa shape index (κ2) is 22.4. The predicted octanol–water partition coefficient (Wildman–Crippen LogP) is 7.48. The highest BCUT2D eigenvalue weighted by Crippen LogP contribution is 2.32. The molecule has 8 heteroatoms. The lowest BCUT2D eigenvalue weighted by atomic mass is 10.1. The third-order valence-corrected chi connectivity index (χ3v) is 7.48. The van der Waals surface area contributed by atoms with Gasteiger partial charge in [-0.2, -0.15) is 0 Å². The number of amides is 1. The fourth-order valence-corrected chi connectivity index (χ4v) is 4.96. The van der Waals surface area contributed by atoms with E-state index in [1.807, 2.05) is 37.4 Å². The molecule has 1 amide bonds. The van der Waals surface area contributed by atoms with Crippen LogP contribution in [0.5, 0.6) is 11.5 Å². The molecule has 2 N–H and O–H groups in total. The molecule has 2 aromatic carbocycles. The Bertz CT molecular complexity index is 1310. The van der Waals surface area contributed by atoms with E-state index in [0.717, 1.165) is 86.8 Å². The number of carbonyl (C=O) groups is 1. The molecule has 7 nitrogen and oxygen atoms in total. The quantitative estimate of drug-likeness (QED) is 0.176. The molecule has 1 aliphatic rings. The molecule has 1 heterocycles. The fourth-order valence-electron chi connectivity index (χ4n) is 4.96. The zero-order valence-electron chi connectivity index (χ0n) is 28.7. The molecular formula is C38H55FN4O3. The minimum atomic E-state index is -0.222. The summed E-state index contributed by atoms with van der Waals surface area (Å²) in [4.78, 5) is 17.7. The number of para-hydroxylation sites is 1. The van der Waals surface area contributed by atoms with Crippen molar-refractivity contribution in [3.8, 4) is 11.5 Å². The van der Waals surface area contributed by atoms with E-state index in [0.29, 0.717) is 6.54 Å². The van der Waals surface area contributed by atoms with E-state index in [2.05, 4.69) is 59.3 Å². The van der Waals surface area contributed by atoms with Gasteiger partial charge in [0.25, 0.3) is 0 Å². The second-order valence-electron chi connectivity index (χ2n) is 11.0. The predicted molar refractivity (Wildman–Crippen MR) is 192 cm³/mol. The molecule has 0 aliphatic carbocycles. The number of aromatic hydroxyl groups is 1. The summed E-state index contributed by atoms with van der Waals surface area (Å²) < 4.78 is 18.8. The molecular weight excluding hydrogens is 579 g/mol. The fraction of sp³-hybridized carbons (Fsp3) is 0.395. The number of nitrogens with zero attached hydrogens (tertiary/aromatic N) is 3. The van der Waals surface area contributed by atoms with Crippen molar-refractivity contribution < 1.29 is 19.0 Å². The number of rotatable bonds is 13. The van der Waals surface area contributed by atoms with Gasteiger partial charge in [0.1, 0.15) is 17.3 Å². The molecule has 1 fully saturated rings. The topological polar surface area (TPSA) is 68.3 Å². The van der Waals surface area contributed by atoms with E-state index in [4.69, 9.17) is 4.74 Å². The number of carbonyl (C=O) groups excluding carboxylic acids is 1. The molecule has 0 spiro atoms. The summed E-state index contributed by atoms with van der Waals surface area (Å²) in [5.74, 6) is 0.858. The largest absolute Gasteiger partial charge is 0.508 e. The van der Waals surface area contributed by atoms with Gasteiger partial charge >= 0.3 is 0 Å². The Morgan fingerprint density at radius 1 is 1.09 bits per heavy atom. The molecule has 0 unspecified atom stereocenters. The number of ether oxygens (including phenoxy) is 1. The maximum Gasteiger partial charge on any atom is 0.217 e. The molecule has 46 heavy (non-hydrogen) atoms. The number of halogens is 1. The first-order chi connectivity index (χ1) is 22.1. The van der Waals surface area contributed by atoms with Gasteiger partial charge in [-0.15, -0.1) is 13.2 Å². The van der Waals surface area contributed by atoms with E-state index in [9.17, 15) is 14.3 Å². The van der Waals surface area contributed by atoms with Crippen LogP contribution in [0.3, 0.4) is 0 Å². The lowest BCUT2D eigenvalue weighted by molar-refractivity contribution is -0.119. The summed E-state index contributed by atoms with van der Waals surface area (Å²) in [5.41, 5.74) is 4.97. The normalized spacial score (nSPS) is 13.8. The van der Waals surface area contributed by atoms with Crippen LogP contribution in [0, 0.1) is 13.8 Å². The van der Waals surface area contributed by atoms with E-state index in [-0.39, 0.29) is 17.5 Å². The van der Waals surface area contributed by atoms with Gasteiger partial charge in [-0.1, -0.05) is 49.6 Å². The Labute approximate surface area is 277 Å². The van der Waals surface area contributed by atoms with Gasteiger partial charge in [-0.25, -0.2) is 4.39 Å². The smallest absolute Gasteiger partial charge is 0.217 e. The van der Waals surface area contributed by atoms with Gasteiger partial charge in [0.05, 0.1) is 12.8 Å². The molecule has 0 bridgehead atoms. The zero-order chi connectivity index (χ0) is 34.5. The lowest BCUT2D eigenvalue weighted by Gasteiger charge is -2.26. The minimum absolute atomic E-state index is 0.0694. The van der Waals surface area contributed by atoms with Crippen molar-refractivity contribution in [1.29, 1.82) is 0 Å². The van der Waals surface area contributed by atoms with Crippen molar-refractivity contribution in [3.05, 3.63) is 115 Å². The number of hydrogen-bond acceptors (Lipinski definition) is 6. The van der Waals surface area contributed by atoms with Crippen molar-refractivity contribution in [1.82, 2.24) is 15.1 Å². The SMILES string of the molecule is C=C.C=CN(CCCN1CCCN(CC(=C)/C=C\C(F)=C/C)CC1)c1c(C)cccc1OC.CC(=O)NCc1ccc(C)c(O)c1. The highest BCUT2D eigenvalue weighted by Gasteiger charge is 2.16. The van der Waals surface area contributed by atoms with Gasteiger partial charge in [-0.05, 0) is 99.9 Å². The first-order valence-corrected chi connectivity index (χ1v) is 15.8. The highest BCUT2D eigenvalue weighted by molar-refractivity contribution is 5.72. The number of benzene rings is 2. The average molecular weight is 635 g/mol. The number of phenols is 1. The second-order valence-corrected chi connectivity index (χ2v) is 11.0. The summed E-state index contributed by atoms with van der Waals surface area (Å²) >= 11 is 0. The van der Waals surface area contributed by atoms with E-state index in [1.54, 1.807) is 26.2 Å². The first-order valence-electron chi connectivity index (χ1n) is 15.8. The Kier molecular flexibility index (Phi) is 19.4. The summed E-state index contributed by atoms with van der Waals surface area (Å²) in [6.45, 7) is 28.6. The van der Waals surface area contributed by atoms with Crippen LogP contribution >= 0.6 is 0 Å². The number of methoxy groups -OCH3 is 1. The summed E-state index contributed by atoms with van der Waals surface area (Å²) in [7, 11) is 1.71. The van der Waals surface area contributed by atoms with Gasteiger partial charge in [0.2, 0.25) is 5.91 Å². The van der Waals surface area contributed by atoms with Crippen molar-refractivity contribution in [2.75, 3.05) is 57.8 Å². The molecule has 1 saturated heterocycles. The van der Waals surface area contributed by atoms with Crippen LogP contribution in [0.15, 0.2) is 98.5 Å². The van der Waals surface area contributed by atoms with Gasteiger partial charge in [0, 0.05) is 39.6 Å². The third-order valence-electron chi connectivity index (χ3n) is 7.48. The van der Waals surface area contributed by atoms with Crippen LogP contribution in [-0.4, -0.2) is 73.7 Å². The molecule has 0 radical (unpaired) electrons. The molecule has 0 saturated carbocycles. The number of anilines is 1.